The van der Waals surface area contributed by atoms with Crippen molar-refractivity contribution in [2.24, 2.45) is 0 Å². The normalized spacial score (nSPS) is 13.0. The lowest BCUT2D eigenvalue weighted by atomic mass is 10.1. The molecule has 0 radical (unpaired) electrons. The van der Waals surface area contributed by atoms with E-state index in [0.717, 1.165) is 28.1 Å². The van der Waals surface area contributed by atoms with Crippen molar-refractivity contribution in [3.05, 3.63) is 58.6 Å². The molecule has 0 unspecified atom stereocenters. The first-order valence-electron chi connectivity index (χ1n) is 11.3. The average molecular weight is 524 g/mol. The minimum Gasteiger partial charge on any atom is -0.495 e. The largest absolute Gasteiger partial charge is 0.495 e. The third-order valence-electron chi connectivity index (χ3n) is 5.87. The molecule has 0 fully saturated rings. The Kier molecular flexibility index (Phi) is 9.97. The first-order chi connectivity index (χ1) is 16.4. The summed E-state index contributed by atoms with van der Waals surface area (Å²) < 4.78 is 31.4. The first kappa shape index (κ1) is 28.5. The predicted octanol–water partition coefficient (Wildman–Crippen LogP) is 3.76. The van der Waals surface area contributed by atoms with Gasteiger partial charge in [0.1, 0.15) is 18.3 Å². The van der Waals surface area contributed by atoms with Crippen LogP contribution in [0.1, 0.15) is 38.3 Å². The molecule has 0 aliphatic rings. The van der Waals surface area contributed by atoms with Crippen molar-refractivity contribution in [2.75, 3.05) is 24.2 Å². The maximum atomic E-state index is 13.6. The number of nitrogens with one attached hydrogen (secondary N) is 1. The topological polar surface area (TPSA) is 96.0 Å². The van der Waals surface area contributed by atoms with Gasteiger partial charge in [-0.05, 0) is 56.5 Å². The molecule has 0 aliphatic heterocycles. The van der Waals surface area contributed by atoms with Gasteiger partial charge in [0, 0.05) is 12.6 Å². The lowest BCUT2D eigenvalue weighted by Crippen LogP contribution is -2.52. The third kappa shape index (κ3) is 7.60. The molecular formula is C25H34ClN3O5S. The number of hydrogen-bond donors (Lipinski definition) is 1. The van der Waals surface area contributed by atoms with Crippen LogP contribution in [-0.4, -0.2) is 57.1 Å². The minimum atomic E-state index is -3.85. The lowest BCUT2D eigenvalue weighted by molar-refractivity contribution is -0.139. The minimum absolute atomic E-state index is 0.0608. The Bertz CT molecular complexity index is 1160. The molecule has 0 heterocycles. The highest BCUT2D eigenvalue weighted by molar-refractivity contribution is 7.92. The second kappa shape index (κ2) is 12.3. The summed E-state index contributed by atoms with van der Waals surface area (Å²) in [6.45, 7) is 7.07. The zero-order valence-electron chi connectivity index (χ0n) is 21.0. The van der Waals surface area contributed by atoms with Crippen molar-refractivity contribution in [3.8, 4) is 5.75 Å². The smallest absolute Gasteiger partial charge is 0.244 e. The van der Waals surface area contributed by atoms with Crippen LogP contribution < -0.4 is 14.4 Å². The molecule has 2 atom stereocenters. The summed E-state index contributed by atoms with van der Waals surface area (Å²) in [6.07, 6.45) is 1.76. The van der Waals surface area contributed by atoms with Crippen molar-refractivity contribution in [1.82, 2.24) is 10.2 Å². The fourth-order valence-electron chi connectivity index (χ4n) is 3.44. The van der Waals surface area contributed by atoms with Crippen LogP contribution in [0.2, 0.25) is 5.02 Å². The Balaban J connectivity index is 2.43. The molecule has 35 heavy (non-hydrogen) atoms. The number of hydrogen-bond acceptors (Lipinski definition) is 5. The van der Waals surface area contributed by atoms with Crippen LogP contribution in [0, 0.1) is 6.92 Å². The number of rotatable bonds is 11. The summed E-state index contributed by atoms with van der Waals surface area (Å²) in [5.41, 5.74) is 2.04. The van der Waals surface area contributed by atoms with Gasteiger partial charge in [-0.15, -0.1) is 0 Å². The quantitative estimate of drug-likeness (QED) is 0.484. The van der Waals surface area contributed by atoms with Crippen LogP contribution >= 0.6 is 11.6 Å². The molecule has 0 aromatic heterocycles. The van der Waals surface area contributed by atoms with Crippen molar-refractivity contribution < 1.29 is 22.7 Å². The molecule has 0 spiro atoms. The van der Waals surface area contributed by atoms with Gasteiger partial charge in [0.05, 0.1) is 24.1 Å². The Morgan fingerprint density at radius 1 is 1.14 bits per heavy atom. The maximum absolute atomic E-state index is 13.6. The van der Waals surface area contributed by atoms with E-state index in [4.69, 9.17) is 16.3 Å². The van der Waals surface area contributed by atoms with Gasteiger partial charge in [-0.3, -0.25) is 13.9 Å². The molecule has 2 rings (SSSR count). The Hall–Kier alpha value is -2.78. The highest BCUT2D eigenvalue weighted by atomic mass is 35.5. The second-order valence-corrected chi connectivity index (χ2v) is 10.8. The van der Waals surface area contributed by atoms with Gasteiger partial charge in [0.15, 0.2) is 0 Å². The summed E-state index contributed by atoms with van der Waals surface area (Å²) >= 11 is 6.21. The summed E-state index contributed by atoms with van der Waals surface area (Å²) in [5.74, 6) is -0.441. The molecule has 0 aliphatic carbocycles. The number of amides is 2. The highest BCUT2D eigenvalue weighted by Crippen LogP contribution is 2.30. The monoisotopic (exact) mass is 523 g/mol. The zero-order valence-corrected chi connectivity index (χ0v) is 22.6. The number of anilines is 1. The lowest BCUT2D eigenvalue weighted by Gasteiger charge is -2.32. The van der Waals surface area contributed by atoms with E-state index >= 15 is 0 Å². The van der Waals surface area contributed by atoms with Crippen LogP contribution in [0.15, 0.2) is 42.5 Å². The molecular weight excluding hydrogens is 490 g/mol. The van der Waals surface area contributed by atoms with Gasteiger partial charge >= 0.3 is 0 Å². The van der Waals surface area contributed by atoms with E-state index in [0.29, 0.717) is 5.75 Å². The molecule has 1 N–H and O–H groups in total. The number of sulfonamides is 1. The SMILES string of the molecule is CC[C@@H](C)NC(=O)[C@@H](C)N(Cc1ccccc1C)C(=O)CN(c1ccc(OC)c(Cl)c1)S(C)(=O)=O. The molecule has 2 aromatic carbocycles. The van der Waals surface area contributed by atoms with Crippen LogP contribution in [0.3, 0.4) is 0 Å². The second-order valence-electron chi connectivity index (χ2n) is 8.53. The van der Waals surface area contributed by atoms with Crippen molar-refractivity contribution in [3.63, 3.8) is 0 Å². The highest BCUT2D eigenvalue weighted by Gasteiger charge is 2.31. The van der Waals surface area contributed by atoms with Crippen molar-refractivity contribution in [2.45, 2.75) is 52.7 Å². The number of methoxy groups -OCH3 is 1. The van der Waals surface area contributed by atoms with E-state index in [1.807, 2.05) is 45.0 Å². The Labute approximate surface area is 213 Å². The van der Waals surface area contributed by atoms with Gasteiger partial charge in [-0.25, -0.2) is 8.42 Å². The molecule has 0 bridgehead atoms. The summed E-state index contributed by atoms with van der Waals surface area (Å²) in [5, 5.41) is 3.12. The van der Waals surface area contributed by atoms with E-state index < -0.39 is 28.5 Å². The number of halogens is 1. The maximum Gasteiger partial charge on any atom is 0.244 e. The molecule has 2 aromatic rings. The van der Waals surface area contributed by atoms with Gasteiger partial charge in [-0.1, -0.05) is 42.8 Å². The molecule has 0 saturated carbocycles. The third-order valence-corrected chi connectivity index (χ3v) is 7.31. The summed E-state index contributed by atoms with van der Waals surface area (Å²) in [4.78, 5) is 27.9. The Morgan fingerprint density at radius 3 is 2.34 bits per heavy atom. The molecule has 10 heteroatoms. The van der Waals surface area contributed by atoms with Crippen LogP contribution in [0.4, 0.5) is 5.69 Å². The zero-order chi connectivity index (χ0) is 26.3. The summed E-state index contributed by atoms with van der Waals surface area (Å²) in [7, 11) is -2.39. The van der Waals surface area contributed by atoms with E-state index in [1.54, 1.807) is 6.92 Å². The van der Waals surface area contributed by atoms with Gasteiger partial charge in [-0.2, -0.15) is 0 Å². The first-order valence-corrected chi connectivity index (χ1v) is 13.6. The number of aryl methyl sites for hydroxylation is 1. The predicted molar refractivity (Wildman–Crippen MR) is 139 cm³/mol. The number of nitrogens with zero attached hydrogens (tertiary/aromatic N) is 2. The van der Waals surface area contributed by atoms with Gasteiger partial charge in [0.25, 0.3) is 0 Å². The fourth-order valence-corrected chi connectivity index (χ4v) is 4.54. The fraction of sp³-hybridized carbons (Fsp3) is 0.440. The number of carbonyl (C=O) groups excluding carboxylic acids is 2. The number of benzene rings is 2. The van der Waals surface area contributed by atoms with Crippen molar-refractivity contribution >= 4 is 39.1 Å². The van der Waals surface area contributed by atoms with E-state index in [2.05, 4.69) is 5.32 Å². The standard InChI is InChI=1S/C25H34ClN3O5S/c1-7-18(3)27-25(31)19(4)28(15-20-11-9-8-10-17(20)2)24(30)16-29(35(6,32)33)21-12-13-23(34-5)22(26)14-21/h8-14,18-19H,7,15-16H2,1-6H3,(H,27,31)/t18-,19-/m1/s1. The van der Waals surface area contributed by atoms with Crippen molar-refractivity contribution in [1.29, 1.82) is 0 Å². The molecule has 0 saturated heterocycles. The van der Waals surface area contributed by atoms with E-state index in [9.17, 15) is 18.0 Å². The van der Waals surface area contributed by atoms with E-state index in [1.165, 1.54) is 30.2 Å². The number of ether oxygens (including phenoxy) is 1. The average Bonchev–Trinajstić information content (AvgIpc) is 2.80. The van der Waals surface area contributed by atoms with Gasteiger partial charge < -0.3 is 15.0 Å². The number of carbonyl (C=O) groups is 2. The van der Waals surface area contributed by atoms with E-state index in [-0.39, 0.29) is 29.2 Å². The molecule has 192 valence electrons. The van der Waals surface area contributed by atoms with Gasteiger partial charge in [0.2, 0.25) is 21.8 Å². The van der Waals surface area contributed by atoms with Crippen LogP contribution in [-0.2, 0) is 26.2 Å². The molecule has 2 amide bonds. The van der Waals surface area contributed by atoms with Crippen LogP contribution in [0.25, 0.3) is 0 Å². The summed E-state index contributed by atoms with van der Waals surface area (Å²) in [6, 6.07) is 11.2. The van der Waals surface area contributed by atoms with Crippen LogP contribution in [0.5, 0.6) is 5.75 Å². The molecule has 8 nitrogen and oxygen atoms in total. The Morgan fingerprint density at radius 2 is 1.80 bits per heavy atom.